The van der Waals surface area contributed by atoms with Crippen molar-refractivity contribution >= 4 is 12.2 Å². The molecular weight excluding hydrogens is 356 g/mol. The third kappa shape index (κ3) is 5.49. The summed E-state index contributed by atoms with van der Waals surface area (Å²) in [5.74, 6) is 0. The van der Waals surface area contributed by atoms with E-state index in [1.165, 1.54) is 0 Å². The van der Waals surface area contributed by atoms with Crippen LogP contribution in [0.25, 0.3) is 0 Å². The molecule has 28 heavy (non-hydrogen) atoms. The van der Waals surface area contributed by atoms with Gasteiger partial charge >= 0.3 is 12.2 Å². The van der Waals surface area contributed by atoms with Crippen molar-refractivity contribution in [2.24, 2.45) is 0 Å². The lowest BCUT2D eigenvalue weighted by molar-refractivity contribution is 0.0523. The fourth-order valence-corrected chi connectivity index (χ4v) is 2.99. The Kier molecular flexibility index (Phi) is 5.87. The van der Waals surface area contributed by atoms with Crippen molar-refractivity contribution in [1.82, 2.24) is 10.2 Å². The number of fused-ring (bicyclic) bond motifs is 1. The summed E-state index contributed by atoms with van der Waals surface area (Å²) in [4.78, 5) is 25.8. The van der Waals surface area contributed by atoms with Crippen LogP contribution in [0.1, 0.15) is 43.0 Å². The summed E-state index contributed by atoms with van der Waals surface area (Å²) in [6, 6.07) is 15.6. The molecule has 0 atom stereocenters. The lowest BCUT2D eigenvalue weighted by Gasteiger charge is -2.19. The predicted molar refractivity (Wildman–Crippen MR) is 105 cm³/mol. The molecule has 0 radical (unpaired) electrons. The minimum Gasteiger partial charge on any atom is -0.445 e. The normalized spacial score (nSPS) is 13.0. The molecule has 0 aliphatic carbocycles. The van der Waals surface area contributed by atoms with Crippen LogP contribution in [0.2, 0.25) is 0 Å². The van der Waals surface area contributed by atoms with Crippen molar-refractivity contribution < 1.29 is 19.1 Å². The fraction of sp³-hybridized carbons (Fsp3) is 0.364. The molecule has 1 N–H and O–H groups in total. The molecule has 2 aromatic rings. The number of carbonyl (C=O) groups excluding carboxylic acids is 2. The molecule has 0 aromatic heterocycles. The zero-order chi connectivity index (χ0) is 20.1. The van der Waals surface area contributed by atoms with E-state index in [-0.39, 0.29) is 12.7 Å². The third-order valence-corrected chi connectivity index (χ3v) is 4.29. The first kappa shape index (κ1) is 19.7. The topological polar surface area (TPSA) is 67.9 Å². The highest BCUT2D eigenvalue weighted by Gasteiger charge is 2.25. The van der Waals surface area contributed by atoms with Gasteiger partial charge in [0.15, 0.2) is 0 Å². The maximum atomic E-state index is 12.4. The molecule has 0 unspecified atom stereocenters. The fourth-order valence-electron chi connectivity index (χ4n) is 2.99. The monoisotopic (exact) mass is 382 g/mol. The van der Waals surface area contributed by atoms with E-state index >= 15 is 0 Å². The van der Waals surface area contributed by atoms with Gasteiger partial charge in [-0.05, 0) is 43.0 Å². The number of ether oxygens (including phenoxy) is 2. The van der Waals surface area contributed by atoms with Gasteiger partial charge in [-0.15, -0.1) is 0 Å². The highest BCUT2D eigenvalue weighted by Crippen LogP contribution is 2.24. The number of carbonyl (C=O) groups is 2. The van der Waals surface area contributed by atoms with E-state index in [0.29, 0.717) is 19.6 Å². The molecule has 2 aromatic carbocycles. The summed E-state index contributed by atoms with van der Waals surface area (Å²) >= 11 is 0. The van der Waals surface area contributed by atoms with Gasteiger partial charge in [-0.25, -0.2) is 9.59 Å². The van der Waals surface area contributed by atoms with Crippen molar-refractivity contribution in [2.75, 3.05) is 0 Å². The van der Waals surface area contributed by atoms with Crippen LogP contribution in [0.4, 0.5) is 9.59 Å². The zero-order valence-corrected chi connectivity index (χ0v) is 16.5. The van der Waals surface area contributed by atoms with E-state index in [9.17, 15) is 9.59 Å². The second kappa shape index (κ2) is 8.33. The number of benzene rings is 2. The molecule has 0 fully saturated rings. The van der Waals surface area contributed by atoms with Gasteiger partial charge in [0, 0.05) is 19.6 Å². The van der Waals surface area contributed by atoms with Crippen molar-refractivity contribution in [3.63, 3.8) is 0 Å². The average molecular weight is 382 g/mol. The highest BCUT2D eigenvalue weighted by molar-refractivity contribution is 5.69. The SMILES string of the molecule is CC(C)(C)OC(=O)NCc1ccc2c(c1)CN(C(=O)OCc1ccccc1)C2. The Hall–Kier alpha value is -3.02. The minimum atomic E-state index is -0.525. The van der Waals surface area contributed by atoms with Gasteiger partial charge in [0.05, 0.1) is 0 Å². The Morgan fingerprint density at radius 3 is 2.43 bits per heavy atom. The number of hydrogen-bond acceptors (Lipinski definition) is 4. The predicted octanol–water partition coefficient (Wildman–Crippen LogP) is 4.36. The van der Waals surface area contributed by atoms with E-state index < -0.39 is 11.7 Å². The van der Waals surface area contributed by atoms with Crippen molar-refractivity contribution in [2.45, 2.75) is 52.6 Å². The standard InChI is InChI=1S/C22H26N2O4/c1-22(2,3)28-20(25)23-12-17-9-10-18-13-24(14-19(18)11-17)21(26)27-15-16-7-5-4-6-8-16/h4-11H,12-15H2,1-3H3,(H,23,25). The molecule has 1 aliphatic rings. The molecule has 0 bridgehead atoms. The molecule has 6 heteroatoms. The molecule has 2 amide bonds. The van der Waals surface area contributed by atoms with E-state index in [1.54, 1.807) is 4.90 Å². The van der Waals surface area contributed by atoms with E-state index in [1.807, 2.05) is 69.3 Å². The Bertz CT molecular complexity index is 843. The summed E-state index contributed by atoms with van der Waals surface area (Å²) in [5, 5.41) is 2.75. The molecule has 6 nitrogen and oxygen atoms in total. The van der Waals surface area contributed by atoms with Gasteiger partial charge in [0.2, 0.25) is 0 Å². The summed E-state index contributed by atoms with van der Waals surface area (Å²) < 4.78 is 10.7. The molecular formula is C22H26N2O4. The summed E-state index contributed by atoms with van der Waals surface area (Å²) in [6.07, 6.45) is -0.771. The first-order valence-electron chi connectivity index (χ1n) is 9.33. The largest absolute Gasteiger partial charge is 0.445 e. The summed E-state index contributed by atoms with van der Waals surface area (Å²) in [7, 11) is 0. The van der Waals surface area contributed by atoms with Gasteiger partial charge < -0.3 is 14.8 Å². The Balaban J connectivity index is 1.52. The van der Waals surface area contributed by atoms with Crippen molar-refractivity contribution in [3.8, 4) is 0 Å². The highest BCUT2D eigenvalue weighted by atomic mass is 16.6. The quantitative estimate of drug-likeness (QED) is 0.853. The summed E-state index contributed by atoms with van der Waals surface area (Å²) in [6.45, 7) is 7.15. The zero-order valence-electron chi connectivity index (χ0n) is 16.5. The first-order chi connectivity index (χ1) is 13.3. The molecule has 3 rings (SSSR count). The van der Waals surface area contributed by atoms with Crippen LogP contribution >= 0.6 is 0 Å². The maximum absolute atomic E-state index is 12.4. The van der Waals surface area contributed by atoms with Gasteiger partial charge in [-0.2, -0.15) is 0 Å². The van der Waals surface area contributed by atoms with Crippen molar-refractivity contribution in [1.29, 1.82) is 0 Å². The van der Waals surface area contributed by atoms with Gasteiger partial charge in [-0.1, -0.05) is 48.5 Å². The van der Waals surface area contributed by atoms with Crippen LogP contribution in [-0.2, 0) is 35.7 Å². The van der Waals surface area contributed by atoms with Crippen molar-refractivity contribution in [3.05, 3.63) is 70.8 Å². The van der Waals surface area contributed by atoms with Gasteiger partial charge in [-0.3, -0.25) is 4.90 Å². The molecule has 0 saturated heterocycles. The Labute approximate surface area is 165 Å². The van der Waals surface area contributed by atoms with Crippen LogP contribution in [0.5, 0.6) is 0 Å². The van der Waals surface area contributed by atoms with Crippen LogP contribution < -0.4 is 5.32 Å². The first-order valence-corrected chi connectivity index (χ1v) is 9.33. The number of hydrogen-bond donors (Lipinski definition) is 1. The molecule has 1 heterocycles. The average Bonchev–Trinajstić information content (AvgIpc) is 3.07. The second-order valence-electron chi connectivity index (χ2n) is 7.85. The number of nitrogens with zero attached hydrogens (tertiary/aromatic N) is 1. The smallest absolute Gasteiger partial charge is 0.410 e. The third-order valence-electron chi connectivity index (χ3n) is 4.29. The molecule has 0 spiro atoms. The van der Waals surface area contributed by atoms with Gasteiger partial charge in [0.1, 0.15) is 12.2 Å². The molecule has 148 valence electrons. The van der Waals surface area contributed by atoms with Gasteiger partial charge in [0.25, 0.3) is 0 Å². The van der Waals surface area contributed by atoms with Crippen LogP contribution in [0, 0.1) is 0 Å². The number of rotatable bonds is 4. The minimum absolute atomic E-state index is 0.261. The van der Waals surface area contributed by atoms with Crippen LogP contribution in [0.3, 0.4) is 0 Å². The number of nitrogens with one attached hydrogen (secondary N) is 1. The molecule has 1 aliphatic heterocycles. The summed E-state index contributed by atoms with van der Waals surface area (Å²) in [5.41, 5.74) is 3.56. The lowest BCUT2D eigenvalue weighted by atomic mass is 10.1. The van der Waals surface area contributed by atoms with E-state index in [2.05, 4.69) is 5.32 Å². The van der Waals surface area contributed by atoms with E-state index in [4.69, 9.17) is 9.47 Å². The Morgan fingerprint density at radius 2 is 1.71 bits per heavy atom. The lowest BCUT2D eigenvalue weighted by Crippen LogP contribution is -2.32. The molecule has 0 saturated carbocycles. The van der Waals surface area contributed by atoms with E-state index in [0.717, 1.165) is 22.3 Å². The second-order valence-corrected chi connectivity index (χ2v) is 7.85. The number of alkyl carbamates (subject to hydrolysis) is 1. The number of amides is 2. The Morgan fingerprint density at radius 1 is 1.00 bits per heavy atom. The van der Waals surface area contributed by atoms with Crippen LogP contribution in [0.15, 0.2) is 48.5 Å². The maximum Gasteiger partial charge on any atom is 0.410 e. The van der Waals surface area contributed by atoms with Crippen LogP contribution in [-0.4, -0.2) is 22.7 Å².